The van der Waals surface area contributed by atoms with Gasteiger partial charge in [0.05, 0.1) is 6.04 Å². The molecule has 2 amide bonds. The monoisotopic (exact) mass is 913 g/mol. The van der Waals surface area contributed by atoms with Crippen LogP contribution < -0.4 is 32.7 Å². The molecule has 10 N–H and O–H groups in total. The second kappa shape index (κ2) is 58.7. The number of rotatable bonds is 48. The summed E-state index contributed by atoms with van der Waals surface area (Å²) in [4.78, 5) is 44.5. The summed E-state index contributed by atoms with van der Waals surface area (Å²) in [6, 6.07) is -0.471. The van der Waals surface area contributed by atoms with Gasteiger partial charge in [-0.05, 0) is 96.9 Å². The first-order chi connectivity index (χ1) is 31.2. The fourth-order valence-corrected chi connectivity index (χ4v) is 7.24. The summed E-state index contributed by atoms with van der Waals surface area (Å²) in [6.07, 6.45) is 41.6. The van der Waals surface area contributed by atoms with E-state index in [4.69, 9.17) is 21.7 Å². The Bertz CT molecular complexity index is 947. The van der Waals surface area contributed by atoms with Gasteiger partial charge < -0.3 is 42.9 Å². The van der Waals surface area contributed by atoms with E-state index in [1.807, 2.05) is 0 Å². The molecule has 12 heteroatoms. The van der Waals surface area contributed by atoms with Crippen LogP contribution in [0.15, 0.2) is 0 Å². The first kappa shape index (κ1) is 66.0. The van der Waals surface area contributed by atoms with Crippen LogP contribution in [0.25, 0.3) is 0 Å². The zero-order valence-corrected chi connectivity index (χ0v) is 42.4. The van der Waals surface area contributed by atoms with Crippen molar-refractivity contribution < 1.29 is 29.4 Å². The lowest BCUT2D eigenvalue weighted by molar-refractivity contribution is -0.138. The third-order valence-corrected chi connectivity index (χ3v) is 11.4. The predicted molar refractivity (Wildman–Crippen MR) is 272 cm³/mol. The van der Waals surface area contributed by atoms with E-state index in [-0.39, 0.29) is 11.8 Å². The second-order valence-electron chi connectivity index (χ2n) is 18.0. The number of amides is 2. The maximum absolute atomic E-state index is 12.2. The normalized spacial score (nSPS) is 11.3. The summed E-state index contributed by atoms with van der Waals surface area (Å²) in [6.45, 7) is 12.7. The minimum absolute atomic E-state index is 0.0741. The van der Waals surface area contributed by atoms with Crippen molar-refractivity contribution >= 4 is 23.8 Å². The van der Waals surface area contributed by atoms with Crippen molar-refractivity contribution in [1.29, 1.82) is 0 Å². The lowest BCUT2D eigenvalue weighted by Gasteiger charge is -2.12. The van der Waals surface area contributed by atoms with Crippen LogP contribution in [-0.2, 0) is 19.2 Å². The van der Waals surface area contributed by atoms with Gasteiger partial charge in [-0.1, -0.05) is 175 Å². The topological polar surface area (TPSA) is 209 Å². The molecule has 0 aliphatic rings. The molecule has 12 nitrogen and oxygen atoms in total. The van der Waals surface area contributed by atoms with Crippen molar-refractivity contribution in [3.05, 3.63) is 0 Å². The maximum Gasteiger partial charge on any atom is 0.303 e. The molecule has 0 heterocycles. The molecule has 0 aromatic rings. The van der Waals surface area contributed by atoms with Crippen molar-refractivity contribution in [3.8, 4) is 0 Å². The van der Waals surface area contributed by atoms with Gasteiger partial charge in [0.2, 0.25) is 11.8 Å². The summed E-state index contributed by atoms with van der Waals surface area (Å²) < 4.78 is 0. The van der Waals surface area contributed by atoms with Crippen molar-refractivity contribution in [2.24, 2.45) is 11.5 Å². The van der Waals surface area contributed by atoms with Gasteiger partial charge in [-0.2, -0.15) is 0 Å². The number of nitrogens with one attached hydrogen (secondary N) is 4. The average molecular weight is 913 g/mol. The number of hydrogen-bond donors (Lipinski definition) is 8. The highest BCUT2D eigenvalue weighted by Gasteiger charge is 2.12. The van der Waals surface area contributed by atoms with E-state index in [1.54, 1.807) is 0 Å². The van der Waals surface area contributed by atoms with Crippen LogP contribution in [0.5, 0.6) is 0 Å². The van der Waals surface area contributed by atoms with Crippen molar-refractivity contribution in [2.75, 3.05) is 45.8 Å². The summed E-state index contributed by atoms with van der Waals surface area (Å²) in [7, 11) is 0. The minimum Gasteiger partial charge on any atom is -0.481 e. The molecular weight excluding hydrogens is 805 g/mol. The summed E-state index contributed by atoms with van der Waals surface area (Å²) >= 11 is 0. The van der Waals surface area contributed by atoms with Gasteiger partial charge in [0.15, 0.2) is 0 Å². The Hall–Kier alpha value is -2.28. The highest BCUT2D eigenvalue weighted by molar-refractivity contribution is 5.81. The third-order valence-electron chi connectivity index (χ3n) is 11.4. The first-order valence-corrected chi connectivity index (χ1v) is 27.0. The van der Waals surface area contributed by atoms with Gasteiger partial charge in [0, 0.05) is 32.4 Å². The Balaban J connectivity index is -0.00000125. The molecule has 0 aliphatic carbocycles. The Morgan fingerprint density at radius 3 is 1.11 bits per heavy atom. The van der Waals surface area contributed by atoms with Crippen LogP contribution in [0.2, 0.25) is 0 Å². The average Bonchev–Trinajstić information content (AvgIpc) is 3.27. The fourth-order valence-electron chi connectivity index (χ4n) is 7.24. The van der Waals surface area contributed by atoms with Crippen LogP contribution >= 0.6 is 0 Å². The lowest BCUT2D eigenvalue weighted by atomic mass is 10.0. The predicted octanol–water partition coefficient (Wildman–Crippen LogP) is 11.3. The number of nitrogens with two attached hydrogens (primary N) is 2. The zero-order chi connectivity index (χ0) is 47.8. The summed E-state index contributed by atoms with van der Waals surface area (Å²) in [5.74, 6) is -1.25. The number of carbonyl (C=O) groups is 4. The molecule has 0 saturated carbocycles. The Morgan fingerprint density at radius 2 is 0.719 bits per heavy atom. The molecule has 0 rings (SSSR count). The van der Waals surface area contributed by atoms with E-state index in [2.05, 4.69) is 42.0 Å². The molecule has 64 heavy (non-hydrogen) atoms. The molecule has 0 radical (unpaired) electrons. The van der Waals surface area contributed by atoms with Gasteiger partial charge in [0.1, 0.15) is 0 Å². The largest absolute Gasteiger partial charge is 0.481 e. The standard InChI is InChI=1S/C32H68N6O2.2C10H20O2/c1-2-3-4-5-6-7-8-9-10-11-12-13-14-22-31(39)37-28-16-15-21-30(34)32(40)38-29-20-27-36-25-18-17-24-35-26-19-23-33;2*1-2-3-4-5-6-7-8-9-10(11)12/h30,35-36H,2-29,33-34H2,1H3,(H,37,39)(H,38,40);2*2-9H2,1H3,(H,11,12)/t30-;;/m1../s1. The highest BCUT2D eigenvalue weighted by atomic mass is 16.4. The molecule has 0 bridgehead atoms. The van der Waals surface area contributed by atoms with Gasteiger partial charge in [0.25, 0.3) is 0 Å². The number of carboxylic acids is 2. The number of unbranched alkanes of at least 4 members (excludes halogenated alkanes) is 26. The number of aliphatic carboxylic acids is 2. The van der Waals surface area contributed by atoms with Crippen LogP contribution in [0, 0.1) is 0 Å². The lowest BCUT2D eigenvalue weighted by Crippen LogP contribution is -2.41. The van der Waals surface area contributed by atoms with E-state index in [0.717, 1.165) is 110 Å². The molecule has 0 saturated heterocycles. The smallest absolute Gasteiger partial charge is 0.303 e. The molecule has 0 aromatic carbocycles. The van der Waals surface area contributed by atoms with Gasteiger partial charge in [-0.25, -0.2) is 0 Å². The van der Waals surface area contributed by atoms with E-state index < -0.39 is 18.0 Å². The molecule has 0 fully saturated rings. The van der Waals surface area contributed by atoms with Crippen molar-refractivity contribution in [2.45, 2.75) is 264 Å². The fraction of sp³-hybridized carbons (Fsp3) is 0.923. The molecule has 382 valence electrons. The molecular formula is C52H108N6O6. The van der Waals surface area contributed by atoms with E-state index in [0.29, 0.717) is 38.8 Å². The zero-order valence-electron chi connectivity index (χ0n) is 42.4. The Labute approximate surface area is 394 Å². The number of carbonyl (C=O) groups excluding carboxylic acids is 2. The minimum atomic E-state index is -0.663. The maximum atomic E-state index is 12.2. The van der Waals surface area contributed by atoms with Crippen LogP contribution in [0.1, 0.15) is 258 Å². The van der Waals surface area contributed by atoms with Crippen LogP contribution in [0.3, 0.4) is 0 Å². The quantitative estimate of drug-likeness (QED) is 0.0271. The summed E-state index contributed by atoms with van der Waals surface area (Å²) in [5.41, 5.74) is 11.5. The van der Waals surface area contributed by atoms with Crippen molar-refractivity contribution in [1.82, 2.24) is 21.3 Å². The number of carboxylic acid groups (broad SMARTS) is 2. The molecule has 1 atom stereocenters. The highest BCUT2D eigenvalue weighted by Crippen LogP contribution is 2.13. The molecule has 0 spiro atoms. The van der Waals surface area contributed by atoms with Crippen LogP contribution in [-0.4, -0.2) is 85.8 Å². The SMILES string of the molecule is CCCCCCCCCC(=O)O.CCCCCCCCCC(=O)O.CCCCCCCCCCCCCCCC(=O)NCCCC[C@@H](N)C(=O)NCCCNCCCCNCCCN. The Morgan fingerprint density at radius 1 is 0.391 bits per heavy atom. The van der Waals surface area contributed by atoms with Crippen LogP contribution in [0.4, 0.5) is 0 Å². The van der Waals surface area contributed by atoms with Gasteiger partial charge >= 0.3 is 11.9 Å². The van der Waals surface area contributed by atoms with Gasteiger partial charge in [-0.3, -0.25) is 19.2 Å². The van der Waals surface area contributed by atoms with E-state index >= 15 is 0 Å². The first-order valence-electron chi connectivity index (χ1n) is 27.0. The third kappa shape index (κ3) is 64.0. The van der Waals surface area contributed by atoms with E-state index in [9.17, 15) is 19.2 Å². The second-order valence-corrected chi connectivity index (χ2v) is 18.0. The molecule has 0 aromatic heterocycles. The molecule has 0 unspecified atom stereocenters. The number of hydrogen-bond acceptors (Lipinski definition) is 8. The Kier molecular flexibility index (Phi) is 60.6. The van der Waals surface area contributed by atoms with E-state index in [1.165, 1.54) is 135 Å². The molecule has 0 aliphatic heterocycles. The van der Waals surface area contributed by atoms with Gasteiger partial charge in [-0.15, -0.1) is 0 Å². The van der Waals surface area contributed by atoms with Crippen molar-refractivity contribution in [3.63, 3.8) is 0 Å². The summed E-state index contributed by atoms with van der Waals surface area (Å²) in [5, 5.41) is 29.5.